The van der Waals surface area contributed by atoms with Crippen LogP contribution in [0.1, 0.15) is 12.1 Å². The van der Waals surface area contributed by atoms with Crippen molar-refractivity contribution in [1.82, 2.24) is 9.29 Å². The number of sulfonamides is 1. The summed E-state index contributed by atoms with van der Waals surface area (Å²) in [6.45, 7) is 2.33. The Morgan fingerprint density at radius 3 is 2.74 bits per heavy atom. The average Bonchev–Trinajstić information content (AvgIpc) is 2.64. The van der Waals surface area contributed by atoms with Crippen molar-refractivity contribution in [3.63, 3.8) is 0 Å². The van der Waals surface area contributed by atoms with Crippen LogP contribution < -0.4 is 4.90 Å². The largest absolute Gasteiger partial charge is 0.355 e. The lowest BCUT2D eigenvalue weighted by Gasteiger charge is -2.21. The van der Waals surface area contributed by atoms with Crippen LogP contribution in [-0.4, -0.2) is 50.1 Å². The molecule has 1 aromatic heterocycles. The highest BCUT2D eigenvalue weighted by Crippen LogP contribution is 2.15. The van der Waals surface area contributed by atoms with E-state index in [1.165, 1.54) is 10.6 Å². The maximum atomic E-state index is 11.5. The van der Waals surface area contributed by atoms with Crippen LogP contribution in [-0.2, 0) is 10.0 Å². The molecule has 1 aliphatic heterocycles. The summed E-state index contributed by atoms with van der Waals surface area (Å²) in [6.07, 6.45) is 1.99. The molecule has 1 aliphatic rings. The Kier molecular flexibility index (Phi) is 4.02. The summed E-state index contributed by atoms with van der Waals surface area (Å²) >= 11 is 0. The molecule has 1 saturated heterocycles. The summed E-state index contributed by atoms with van der Waals surface area (Å²) in [4.78, 5) is 6.26. The summed E-state index contributed by atoms with van der Waals surface area (Å²) in [5.41, 5.74) is 0.377. The summed E-state index contributed by atoms with van der Waals surface area (Å²) < 4.78 is 24.6. The van der Waals surface area contributed by atoms with Crippen molar-refractivity contribution in [2.45, 2.75) is 6.42 Å². The molecule has 0 N–H and O–H groups in total. The van der Waals surface area contributed by atoms with E-state index >= 15 is 0 Å². The molecular weight excluding hydrogens is 264 g/mol. The van der Waals surface area contributed by atoms with Crippen LogP contribution in [0.5, 0.6) is 0 Å². The molecule has 0 bridgehead atoms. The van der Waals surface area contributed by atoms with Gasteiger partial charge in [-0.3, -0.25) is 0 Å². The SMILES string of the molecule is CS(=O)(=O)N1CCCN(c2cccc(C#N)n2)CC1. The molecule has 2 rings (SSSR count). The van der Waals surface area contributed by atoms with Crippen molar-refractivity contribution in [1.29, 1.82) is 5.26 Å². The molecule has 0 unspecified atom stereocenters. The van der Waals surface area contributed by atoms with E-state index < -0.39 is 10.0 Å². The van der Waals surface area contributed by atoms with Gasteiger partial charge in [0.1, 0.15) is 17.6 Å². The third-order valence-corrected chi connectivity index (χ3v) is 4.40. The Bertz CT molecular complexity index is 594. The minimum atomic E-state index is -3.13. The molecule has 2 heterocycles. The molecule has 0 amide bonds. The fourth-order valence-corrected chi connectivity index (χ4v) is 2.99. The number of anilines is 1. The third-order valence-electron chi connectivity index (χ3n) is 3.10. The van der Waals surface area contributed by atoms with Gasteiger partial charge in [0.15, 0.2) is 0 Å². The number of aromatic nitrogens is 1. The van der Waals surface area contributed by atoms with Gasteiger partial charge in [-0.1, -0.05) is 6.07 Å². The van der Waals surface area contributed by atoms with E-state index in [1.807, 2.05) is 17.0 Å². The Balaban J connectivity index is 2.13. The van der Waals surface area contributed by atoms with Crippen LogP contribution in [0.2, 0.25) is 0 Å². The Morgan fingerprint density at radius 1 is 1.26 bits per heavy atom. The van der Waals surface area contributed by atoms with Gasteiger partial charge in [-0.25, -0.2) is 17.7 Å². The fourth-order valence-electron chi connectivity index (χ4n) is 2.12. The predicted molar refractivity (Wildman–Crippen MR) is 72.2 cm³/mol. The molecule has 7 heteroatoms. The van der Waals surface area contributed by atoms with Gasteiger partial charge >= 0.3 is 0 Å². The van der Waals surface area contributed by atoms with E-state index in [0.29, 0.717) is 25.3 Å². The molecule has 0 atom stereocenters. The minimum absolute atomic E-state index is 0.377. The maximum Gasteiger partial charge on any atom is 0.211 e. The molecule has 6 nitrogen and oxygen atoms in total. The smallest absolute Gasteiger partial charge is 0.211 e. The first kappa shape index (κ1) is 13.8. The van der Waals surface area contributed by atoms with Crippen LogP contribution >= 0.6 is 0 Å². The highest BCUT2D eigenvalue weighted by atomic mass is 32.2. The first-order chi connectivity index (χ1) is 9.00. The van der Waals surface area contributed by atoms with Gasteiger partial charge < -0.3 is 4.90 Å². The van der Waals surface area contributed by atoms with Crippen molar-refractivity contribution in [2.75, 3.05) is 37.3 Å². The molecule has 0 aromatic carbocycles. The monoisotopic (exact) mass is 280 g/mol. The summed E-state index contributed by atoms with van der Waals surface area (Å²) in [6, 6.07) is 7.30. The topological polar surface area (TPSA) is 77.3 Å². The normalized spacial score (nSPS) is 17.8. The van der Waals surface area contributed by atoms with Gasteiger partial charge in [0.25, 0.3) is 0 Å². The van der Waals surface area contributed by atoms with Gasteiger partial charge in [0.05, 0.1) is 6.26 Å². The van der Waals surface area contributed by atoms with Crippen LogP contribution in [0.4, 0.5) is 5.82 Å². The molecule has 0 aliphatic carbocycles. The van der Waals surface area contributed by atoms with Crippen LogP contribution in [0.3, 0.4) is 0 Å². The second-order valence-electron chi connectivity index (χ2n) is 4.50. The molecule has 1 fully saturated rings. The Labute approximate surface area is 113 Å². The van der Waals surface area contributed by atoms with Crippen LogP contribution in [0.25, 0.3) is 0 Å². The zero-order valence-electron chi connectivity index (χ0n) is 10.8. The standard InChI is InChI=1S/C12H16N4O2S/c1-19(17,18)16-7-3-6-15(8-9-16)12-5-2-4-11(10-13)14-12/h2,4-5H,3,6-9H2,1H3. The highest BCUT2D eigenvalue weighted by Gasteiger charge is 2.21. The number of nitrogens with zero attached hydrogens (tertiary/aromatic N) is 4. The van der Waals surface area contributed by atoms with E-state index in [-0.39, 0.29) is 0 Å². The van der Waals surface area contributed by atoms with Crippen molar-refractivity contribution in [2.24, 2.45) is 0 Å². The average molecular weight is 280 g/mol. The summed E-state index contributed by atoms with van der Waals surface area (Å²) in [5, 5.41) is 8.85. The molecular formula is C12H16N4O2S. The lowest BCUT2D eigenvalue weighted by atomic mass is 10.3. The quantitative estimate of drug-likeness (QED) is 0.785. The van der Waals surface area contributed by atoms with Crippen molar-refractivity contribution < 1.29 is 8.42 Å². The second kappa shape index (κ2) is 5.55. The van der Waals surface area contributed by atoms with E-state index in [1.54, 1.807) is 12.1 Å². The van der Waals surface area contributed by atoms with E-state index in [4.69, 9.17) is 5.26 Å². The van der Waals surface area contributed by atoms with Crippen LogP contribution in [0.15, 0.2) is 18.2 Å². The van der Waals surface area contributed by atoms with Gasteiger partial charge in [-0.05, 0) is 18.6 Å². The van der Waals surface area contributed by atoms with Crippen molar-refractivity contribution in [3.8, 4) is 6.07 Å². The van der Waals surface area contributed by atoms with E-state index in [9.17, 15) is 8.42 Å². The van der Waals surface area contributed by atoms with E-state index in [2.05, 4.69) is 4.98 Å². The maximum absolute atomic E-state index is 11.5. The second-order valence-corrected chi connectivity index (χ2v) is 6.48. The first-order valence-corrected chi connectivity index (χ1v) is 7.93. The molecule has 0 saturated carbocycles. The lowest BCUT2D eigenvalue weighted by molar-refractivity contribution is 0.437. The predicted octanol–water partition coefficient (Wildman–Crippen LogP) is 0.425. The Hall–Kier alpha value is -1.65. The minimum Gasteiger partial charge on any atom is -0.355 e. The molecule has 19 heavy (non-hydrogen) atoms. The number of hydrogen-bond acceptors (Lipinski definition) is 5. The number of hydrogen-bond donors (Lipinski definition) is 0. The molecule has 102 valence electrons. The number of nitriles is 1. The van der Waals surface area contributed by atoms with Gasteiger partial charge in [-0.2, -0.15) is 5.26 Å². The summed E-state index contributed by atoms with van der Waals surface area (Å²) in [7, 11) is -3.13. The first-order valence-electron chi connectivity index (χ1n) is 6.08. The summed E-state index contributed by atoms with van der Waals surface area (Å²) in [5.74, 6) is 0.731. The van der Waals surface area contributed by atoms with Crippen LogP contribution in [0, 0.1) is 11.3 Å². The zero-order chi connectivity index (χ0) is 13.9. The highest BCUT2D eigenvalue weighted by molar-refractivity contribution is 7.88. The lowest BCUT2D eigenvalue weighted by Crippen LogP contribution is -2.34. The van der Waals surface area contributed by atoms with Gasteiger partial charge in [-0.15, -0.1) is 0 Å². The zero-order valence-corrected chi connectivity index (χ0v) is 11.6. The van der Waals surface area contributed by atoms with Gasteiger partial charge in [0, 0.05) is 26.2 Å². The number of rotatable bonds is 2. The third kappa shape index (κ3) is 3.43. The van der Waals surface area contributed by atoms with Crippen molar-refractivity contribution >= 4 is 15.8 Å². The molecule has 1 aromatic rings. The molecule has 0 radical (unpaired) electrons. The number of pyridine rings is 1. The fraction of sp³-hybridized carbons (Fsp3) is 0.500. The Morgan fingerprint density at radius 2 is 2.05 bits per heavy atom. The van der Waals surface area contributed by atoms with Gasteiger partial charge in [0.2, 0.25) is 10.0 Å². The molecule has 0 spiro atoms. The van der Waals surface area contributed by atoms with Crippen molar-refractivity contribution in [3.05, 3.63) is 23.9 Å². The van der Waals surface area contributed by atoms with E-state index in [0.717, 1.165) is 18.8 Å².